The summed E-state index contributed by atoms with van der Waals surface area (Å²) in [5, 5.41) is 0. The lowest BCUT2D eigenvalue weighted by Crippen LogP contribution is -2.56. The van der Waals surface area contributed by atoms with E-state index in [1.807, 2.05) is 13.8 Å². The first-order chi connectivity index (χ1) is 16.0. The van der Waals surface area contributed by atoms with E-state index in [0.717, 1.165) is 19.3 Å². The van der Waals surface area contributed by atoms with Crippen LogP contribution in [-0.2, 0) is 28.6 Å². The summed E-state index contributed by atoms with van der Waals surface area (Å²) in [6.45, 7) is 10.3. The van der Waals surface area contributed by atoms with Crippen molar-refractivity contribution in [2.24, 2.45) is 23.5 Å². The summed E-state index contributed by atoms with van der Waals surface area (Å²) >= 11 is 0. The van der Waals surface area contributed by atoms with Gasteiger partial charge in [0.1, 0.15) is 0 Å². The number of likely N-dealkylation sites (N-methyl/N-ethyl adjacent to an activating group) is 1. The van der Waals surface area contributed by atoms with Crippen molar-refractivity contribution in [1.29, 1.82) is 0 Å². The van der Waals surface area contributed by atoms with E-state index < -0.39 is 24.2 Å². The first kappa shape index (κ1) is 30.3. The van der Waals surface area contributed by atoms with Gasteiger partial charge >= 0.3 is 5.97 Å². The predicted molar refractivity (Wildman–Crippen MR) is 131 cm³/mol. The SMILES string of the molecule is CC[C@H](C)[C@@H]([C@@H](CC(=O)N1CCC[C@H]1C(OC)C(C)C(=O)OC)OC)N(C)C(=O)[C@@H](N)C(C)C. The third-order valence-corrected chi connectivity index (χ3v) is 7.42. The van der Waals surface area contributed by atoms with Gasteiger partial charge in [-0.1, -0.05) is 34.1 Å². The number of carbonyl (C=O) groups excluding carboxylic acids is 3. The molecule has 1 rings (SSSR count). The zero-order valence-corrected chi connectivity index (χ0v) is 22.6. The largest absolute Gasteiger partial charge is 0.469 e. The summed E-state index contributed by atoms with van der Waals surface area (Å²) in [6, 6.07) is -1.14. The Kier molecular flexibility index (Phi) is 12.5. The lowest BCUT2D eigenvalue weighted by Gasteiger charge is -2.40. The molecule has 0 aromatic rings. The fourth-order valence-electron chi connectivity index (χ4n) is 5.00. The summed E-state index contributed by atoms with van der Waals surface area (Å²) < 4.78 is 16.4. The van der Waals surface area contributed by atoms with Gasteiger partial charge in [-0.05, 0) is 31.6 Å². The third-order valence-electron chi connectivity index (χ3n) is 7.42. The van der Waals surface area contributed by atoms with Gasteiger partial charge in [0.2, 0.25) is 11.8 Å². The van der Waals surface area contributed by atoms with E-state index in [1.54, 1.807) is 38.0 Å². The fraction of sp³-hybridized carbons (Fsp3) is 0.880. The lowest BCUT2D eigenvalue weighted by atomic mass is 9.89. The summed E-state index contributed by atoms with van der Waals surface area (Å²) in [7, 11) is 6.23. The van der Waals surface area contributed by atoms with Gasteiger partial charge in [0.05, 0.1) is 49.8 Å². The van der Waals surface area contributed by atoms with Crippen molar-refractivity contribution in [3.05, 3.63) is 0 Å². The molecular weight excluding hydrogens is 438 g/mol. The van der Waals surface area contributed by atoms with Crippen molar-refractivity contribution < 1.29 is 28.6 Å². The van der Waals surface area contributed by atoms with Gasteiger partial charge in [-0.25, -0.2) is 0 Å². The Labute approximate surface area is 205 Å². The third kappa shape index (κ3) is 7.15. The molecule has 0 spiro atoms. The van der Waals surface area contributed by atoms with Crippen LogP contribution in [0, 0.1) is 17.8 Å². The van der Waals surface area contributed by atoms with Crippen LogP contribution in [0.2, 0.25) is 0 Å². The normalized spacial score (nSPS) is 21.5. The summed E-state index contributed by atoms with van der Waals surface area (Å²) in [5.41, 5.74) is 6.15. The molecule has 0 aromatic carbocycles. The number of likely N-dealkylation sites (tertiary alicyclic amines) is 1. The molecule has 0 radical (unpaired) electrons. The molecule has 198 valence electrons. The molecule has 1 heterocycles. The molecular formula is C25H47N3O6. The highest BCUT2D eigenvalue weighted by Gasteiger charge is 2.42. The van der Waals surface area contributed by atoms with Crippen LogP contribution in [0.4, 0.5) is 0 Å². The molecule has 2 unspecified atom stereocenters. The molecule has 0 aliphatic carbocycles. The van der Waals surface area contributed by atoms with Crippen molar-refractivity contribution in [1.82, 2.24) is 9.80 Å². The molecule has 2 N–H and O–H groups in total. The zero-order valence-electron chi connectivity index (χ0n) is 22.6. The molecule has 7 atom stereocenters. The number of carbonyl (C=O) groups is 3. The number of amides is 2. The van der Waals surface area contributed by atoms with Crippen LogP contribution < -0.4 is 5.73 Å². The maximum atomic E-state index is 13.5. The topological polar surface area (TPSA) is 111 Å². The van der Waals surface area contributed by atoms with Crippen molar-refractivity contribution in [2.45, 2.75) is 90.6 Å². The van der Waals surface area contributed by atoms with Gasteiger partial charge in [-0.15, -0.1) is 0 Å². The Morgan fingerprint density at radius 2 is 1.71 bits per heavy atom. The number of nitrogens with two attached hydrogens (primary N) is 1. The molecule has 0 saturated carbocycles. The van der Waals surface area contributed by atoms with Crippen molar-refractivity contribution in [3.63, 3.8) is 0 Å². The van der Waals surface area contributed by atoms with E-state index in [9.17, 15) is 14.4 Å². The molecule has 34 heavy (non-hydrogen) atoms. The number of ether oxygens (including phenoxy) is 3. The molecule has 0 bridgehead atoms. The monoisotopic (exact) mass is 485 g/mol. The number of nitrogens with zero attached hydrogens (tertiary/aromatic N) is 2. The van der Waals surface area contributed by atoms with Gasteiger partial charge in [0.25, 0.3) is 0 Å². The lowest BCUT2D eigenvalue weighted by molar-refractivity contribution is -0.154. The highest BCUT2D eigenvalue weighted by atomic mass is 16.5. The zero-order chi connectivity index (χ0) is 26.2. The minimum Gasteiger partial charge on any atom is -0.469 e. The molecule has 0 aromatic heterocycles. The van der Waals surface area contributed by atoms with Gasteiger partial charge in [0, 0.05) is 27.8 Å². The molecule has 9 heteroatoms. The first-order valence-corrected chi connectivity index (χ1v) is 12.4. The average Bonchev–Trinajstić information content (AvgIpc) is 3.31. The van der Waals surface area contributed by atoms with E-state index in [-0.39, 0.29) is 48.1 Å². The minimum absolute atomic E-state index is 0.00305. The second-order valence-electron chi connectivity index (χ2n) is 9.88. The van der Waals surface area contributed by atoms with E-state index in [1.165, 1.54) is 7.11 Å². The second kappa shape index (κ2) is 14.0. The van der Waals surface area contributed by atoms with E-state index in [0.29, 0.717) is 6.54 Å². The maximum Gasteiger partial charge on any atom is 0.311 e. The van der Waals surface area contributed by atoms with E-state index in [4.69, 9.17) is 19.9 Å². The molecule has 9 nitrogen and oxygen atoms in total. The maximum absolute atomic E-state index is 13.5. The quantitative estimate of drug-likeness (QED) is 0.398. The molecule has 1 saturated heterocycles. The highest BCUT2D eigenvalue weighted by Crippen LogP contribution is 2.29. The van der Waals surface area contributed by atoms with Crippen molar-refractivity contribution in [2.75, 3.05) is 34.9 Å². The Morgan fingerprint density at radius 3 is 2.18 bits per heavy atom. The number of rotatable bonds is 13. The van der Waals surface area contributed by atoms with Crippen molar-refractivity contribution in [3.8, 4) is 0 Å². The Hall–Kier alpha value is -1.71. The van der Waals surface area contributed by atoms with Crippen LogP contribution in [0.15, 0.2) is 0 Å². The van der Waals surface area contributed by atoms with Crippen LogP contribution in [0.25, 0.3) is 0 Å². The summed E-state index contributed by atoms with van der Waals surface area (Å²) in [5.74, 6) is -0.981. The van der Waals surface area contributed by atoms with Gasteiger partial charge in [0.15, 0.2) is 0 Å². The van der Waals surface area contributed by atoms with Crippen LogP contribution in [0.5, 0.6) is 0 Å². The molecule has 2 amide bonds. The Morgan fingerprint density at radius 1 is 1.09 bits per heavy atom. The van der Waals surface area contributed by atoms with E-state index >= 15 is 0 Å². The number of esters is 1. The predicted octanol–water partition coefficient (Wildman–Crippen LogP) is 2.06. The van der Waals surface area contributed by atoms with Crippen LogP contribution in [0.3, 0.4) is 0 Å². The number of methoxy groups -OCH3 is 3. The first-order valence-electron chi connectivity index (χ1n) is 12.4. The Balaban J connectivity index is 3.11. The molecule has 1 aliphatic rings. The number of hydrogen-bond acceptors (Lipinski definition) is 7. The van der Waals surface area contributed by atoms with Gasteiger partial charge in [-0.2, -0.15) is 0 Å². The summed E-state index contributed by atoms with van der Waals surface area (Å²) in [6.07, 6.45) is 1.58. The smallest absolute Gasteiger partial charge is 0.311 e. The second-order valence-corrected chi connectivity index (χ2v) is 9.88. The van der Waals surface area contributed by atoms with E-state index in [2.05, 4.69) is 13.8 Å². The molecule has 1 aliphatic heterocycles. The average molecular weight is 486 g/mol. The Bertz CT molecular complexity index is 673. The minimum atomic E-state index is -0.616. The van der Waals surface area contributed by atoms with Crippen molar-refractivity contribution >= 4 is 17.8 Å². The fourth-order valence-corrected chi connectivity index (χ4v) is 5.00. The van der Waals surface area contributed by atoms with Crippen LogP contribution in [-0.4, -0.2) is 92.8 Å². The van der Waals surface area contributed by atoms with Crippen LogP contribution in [0.1, 0.15) is 60.3 Å². The highest BCUT2D eigenvalue weighted by molar-refractivity contribution is 5.82. The summed E-state index contributed by atoms with van der Waals surface area (Å²) in [4.78, 5) is 42.2. The number of hydrogen-bond donors (Lipinski definition) is 1. The van der Waals surface area contributed by atoms with Gasteiger partial charge in [-0.3, -0.25) is 14.4 Å². The standard InChI is InChI=1S/C25H47N3O6/c1-10-16(4)22(27(6)24(30)21(26)15(2)3)19(32-7)14-20(29)28-13-11-12-18(28)23(33-8)17(5)25(31)34-9/h15-19,21-23H,10-14,26H2,1-9H3/t16-,17?,18-,19+,21-,22-,23?/m0/s1. The van der Waals surface area contributed by atoms with Crippen LogP contribution >= 0.6 is 0 Å². The van der Waals surface area contributed by atoms with Gasteiger partial charge < -0.3 is 29.7 Å². The molecule has 1 fully saturated rings.